The summed E-state index contributed by atoms with van der Waals surface area (Å²) in [4.78, 5) is 7.87. The molecule has 0 aliphatic carbocycles. The summed E-state index contributed by atoms with van der Waals surface area (Å²) in [5.41, 5.74) is 1.67. The van der Waals surface area contributed by atoms with E-state index in [2.05, 4.69) is 58.9 Å². The van der Waals surface area contributed by atoms with E-state index < -0.39 is 0 Å². The Balaban J connectivity index is 1.47. The number of aliphatic hydroxyl groups is 1. The minimum Gasteiger partial charge on any atom is -0.392 e. The van der Waals surface area contributed by atoms with Gasteiger partial charge in [0.05, 0.1) is 11.6 Å². The van der Waals surface area contributed by atoms with Crippen molar-refractivity contribution in [1.82, 2.24) is 14.7 Å². The van der Waals surface area contributed by atoms with E-state index in [1.165, 1.54) is 25.2 Å². The number of likely N-dealkylation sites (tertiary alicyclic amines) is 1. The number of aliphatic hydroxyl groups excluding tert-OH is 1. The fourth-order valence-corrected chi connectivity index (χ4v) is 5.19. The minimum absolute atomic E-state index is 0.136. The second-order valence-corrected chi connectivity index (χ2v) is 8.64. The molecule has 2 atom stereocenters. The first-order valence-electron chi connectivity index (χ1n) is 9.47. The van der Waals surface area contributed by atoms with Gasteiger partial charge in [-0.05, 0) is 17.9 Å². The molecule has 1 aromatic carbocycles. The third-order valence-corrected chi connectivity index (χ3v) is 5.90. The van der Waals surface area contributed by atoms with Gasteiger partial charge in [-0.1, -0.05) is 44.2 Å². The van der Waals surface area contributed by atoms with E-state index >= 15 is 0 Å². The maximum Gasteiger partial charge on any atom is 0.0682 e. The van der Waals surface area contributed by atoms with Crippen LogP contribution in [-0.4, -0.2) is 76.8 Å². The zero-order valence-electron chi connectivity index (χ0n) is 15.1. The average molecular weight is 329 g/mol. The smallest absolute Gasteiger partial charge is 0.0682 e. The molecule has 4 heteroatoms. The van der Waals surface area contributed by atoms with Gasteiger partial charge in [0.2, 0.25) is 0 Å². The number of hydrogen-bond donors (Lipinski definition) is 1. The van der Waals surface area contributed by atoms with Gasteiger partial charge >= 0.3 is 0 Å². The number of piperazine rings is 1. The van der Waals surface area contributed by atoms with Gasteiger partial charge < -0.3 is 5.11 Å². The summed E-state index contributed by atoms with van der Waals surface area (Å²) in [6.45, 7) is 12.3. The van der Waals surface area contributed by atoms with Crippen LogP contribution in [0.15, 0.2) is 30.3 Å². The molecule has 3 aliphatic heterocycles. The van der Waals surface area contributed by atoms with Crippen molar-refractivity contribution in [3.05, 3.63) is 35.9 Å². The first-order chi connectivity index (χ1) is 11.5. The number of nitrogens with zero attached hydrogens (tertiary/aromatic N) is 3. The van der Waals surface area contributed by atoms with Gasteiger partial charge in [0, 0.05) is 51.9 Å². The molecule has 3 aliphatic rings. The molecule has 3 fully saturated rings. The lowest BCUT2D eigenvalue weighted by atomic mass is 9.83. The van der Waals surface area contributed by atoms with Crippen molar-refractivity contribution < 1.29 is 5.11 Å². The summed E-state index contributed by atoms with van der Waals surface area (Å²) in [7, 11) is 0. The van der Waals surface area contributed by atoms with Crippen LogP contribution in [-0.2, 0) is 6.54 Å². The molecule has 0 saturated carbocycles. The highest BCUT2D eigenvalue weighted by Crippen LogP contribution is 2.39. The standard InChI is InChI=1S/C20H31N3O/c1-16(2)9-22-14-20(15-22)13-21(10-17-6-4-3-5-7-17)11-18-8-19(24)12-23(18)20/h3-7,16,18-19,24H,8-15H2,1-2H3/t18-,19-/m1/s1. The van der Waals surface area contributed by atoms with Gasteiger partial charge in [0.15, 0.2) is 0 Å². The Bertz CT molecular complexity index is 555. The highest BCUT2D eigenvalue weighted by molar-refractivity contribution is 5.17. The molecule has 132 valence electrons. The first-order valence-corrected chi connectivity index (χ1v) is 9.47. The van der Waals surface area contributed by atoms with Crippen LogP contribution in [0.3, 0.4) is 0 Å². The molecular formula is C20H31N3O. The van der Waals surface area contributed by atoms with E-state index in [-0.39, 0.29) is 11.6 Å². The zero-order chi connectivity index (χ0) is 16.7. The predicted octanol–water partition coefficient (Wildman–Crippen LogP) is 1.65. The molecule has 0 radical (unpaired) electrons. The summed E-state index contributed by atoms with van der Waals surface area (Å²) in [5, 5.41) is 10.2. The first kappa shape index (κ1) is 16.5. The van der Waals surface area contributed by atoms with E-state index in [1.54, 1.807) is 0 Å². The van der Waals surface area contributed by atoms with Crippen LogP contribution in [0.1, 0.15) is 25.8 Å². The van der Waals surface area contributed by atoms with E-state index in [9.17, 15) is 5.11 Å². The molecule has 1 N–H and O–H groups in total. The zero-order valence-corrected chi connectivity index (χ0v) is 15.1. The molecule has 4 rings (SSSR count). The van der Waals surface area contributed by atoms with Crippen LogP contribution in [0, 0.1) is 5.92 Å². The topological polar surface area (TPSA) is 30.0 Å². The lowest BCUT2D eigenvalue weighted by Crippen LogP contribution is -2.78. The van der Waals surface area contributed by atoms with Crippen molar-refractivity contribution in [3.8, 4) is 0 Å². The van der Waals surface area contributed by atoms with E-state index in [0.29, 0.717) is 6.04 Å². The monoisotopic (exact) mass is 329 g/mol. The Kier molecular flexibility index (Phi) is 4.42. The van der Waals surface area contributed by atoms with Crippen LogP contribution in [0.5, 0.6) is 0 Å². The lowest BCUT2D eigenvalue weighted by molar-refractivity contribution is -0.117. The van der Waals surface area contributed by atoms with Crippen molar-refractivity contribution in [2.75, 3.05) is 39.3 Å². The van der Waals surface area contributed by atoms with Crippen LogP contribution >= 0.6 is 0 Å². The number of rotatable bonds is 4. The Labute approximate surface area is 146 Å². The molecule has 24 heavy (non-hydrogen) atoms. The molecule has 3 saturated heterocycles. The van der Waals surface area contributed by atoms with Gasteiger partial charge in [0.1, 0.15) is 0 Å². The number of hydrogen-bond acceptors (Lipinski definition) is 4. The quantitative estimate of drug-likeness (QED) is 0.910. The minimum atomic E-state index is -0.136. The van der Waals surface area contributed by atoms with Crippen molar-refractivity contribution >= 4 is 0 Å². The van der Waals surface area contributed by atoms with Gasteiger partial charge in [-0.15, -0.1) is 0 Å². The molecule has 0 aromatic heterocycles. The van der Waals surface area contributed by atoms with E-state index in [4.69, 9.17) is 0 Å². The second-order valence-electron chi connectivity index (χ2n) is 8.64. The van der Waals surface area contributed by atoms with Crippen molar-refractivity contribution in [2.24, 2.45) is 5.92 Å². The molecular weight excluding hydrogens is 298 g/mol. The number of β-amino-alcohol motifs (C(OH)–C–C–N with tert-alkyl or cyclic N) is 1. The molecule has 1 spiro atoms. The van der Waals surface area contributed by atoms with Crippen LogP contribution < -0.4 is 0 Å². The molecule has 1 aromatic rings. The molecule has 0 amide bonds. The van der Waals surface area contributed by atoms with Crippen LogP contribution in [0.4, 0.5) is 0 Å². The van der Waals surface area contributed by atoms with Gasteiger partial charge in [-0.25, -0.2) is 0 Å². The number of fused-ring (bicyclic) bond motifs is 2. The van der Waals surface area contributed by atoms with E-state index in [0.717, 1.165) is 38.5 Å². The Morgan fingerprint density at radius 3 is 2.50 bits per heavy atom. The fourth-order valence-electron chi connectivity index (χ4n) is 5.19. The molecule has 0 bridgehead atoms. The summed E-state index contributed by atoms with van der Waals surface area (Å²) in [6.07, 6.45) is 0.805. The van der Waals surface area contributed by atoms with Gasteiger partial charge in [-0.2, -0.15) is 0 Å². The van der Waals surface area contributed by atoms with Crippen LogP contribution in [0.25, 0.3) is 0 Å². The van der Waals surface area contributed by atoms with Crippen molar-refractivity contribution in [1.29, 1.82) is 0 Å². The van der Waals surface area contributed by atoms with Crippen molar-refractivity contribution in [3.63, 3.8) is 0 Å². The molecule has 0 unspecified atom stereocenters. The Morgan fingerprint density at radius 1 is 1.08 bits per heavy atom. The maximum atomic E-state index is 10.2. The Hall–Kier alpha value is -0.940. The van der Waals surface area contributed by atoms with Gasteiger partial charge in [0.25, 0.3) is 0 Å². The summed E-state index contributed by atoms with van der Waals surface area (Å²) >= 11 is 0. The highest BCUT2D eigenvalue weighted by Gasteiger charge is 2.55. The molecule has 4 nitrogen and oxygen atoms in total. The number of benzene rings is 1. The van der Waals surface area contributed by atoms with Crippen LogP contribution in [0.2, 0.25) is 0 Å². The largest absolute Gasteiger partial charge is 0.392 e. The third kappa shape index (κ3) is 3.13. The highest BCUT2D eigenvalue weighted by atomic mass is 16.3. The van der Waals surface area contributed by atoms with E-state index in [1.807, 2.05) is 0 Å². The Morgan fingerprint density at radius 2 is 1.79 bits per heavy atom. The second kappa shape index (κ2) is 6.41. The predicted molar refractivity (Wildman–Crippen MR) is 96.8 cm³/mol. The molecule has 3 heterocycles. The average Bonchev–Trinajstić information content (AvgIpc) is 2.87. The lowest BCUT2D eigenvalue weighted by Gasteiger charge is -2.61. The summed E-state index contributed by atoms with van der Waals surface area (Å²) < 4.78 is 0. The summed E-state index contributed by atoms with van der Waals surface area (Å²) in [5.74, 6) is 0.728. The summed E-state index contributed by atoms with van der Waals surface area (Å²) in [6, 6.07) is 11.3. The SMILES string of the molecule is CC(C)CN1CC2(CN(Cc3ccccc3)C[C@H]3C[C@@H](O)CN32)C1. The normalized spacial score (nSPS) is 30.7. The van der Waals surface area contributed by atoms with Crippen molar-refractivity contribution in [2.45, 2.75) is 44.5 Å². The van der Waals surface area contributed by atoms with Gasteiger partial charge in [-0.3, -0.25) is 14.7 Å². The maximum absolute atomic E-state index is 10.2. The third-order valence-electron chi connectivity index (χ3n) is 5.90. The fraction of sp³-hybridized carbons (Fsp3) is 0.700.